The van der Waals surface area contributed by atoms with Crippen LogP contribution in [0.5, 0.6) is 0 Å². The molecule has 0 radical (unpaired) electrons. The minimum atomic E-state index is -0.494. The lowest BCUT2D eigenvalue weighted by Crippen LogP contribution is -2.48. The summed E-state index contributed by atoms with van der Waals surface area (Å²) in [6.07, 6.45) is 7.86. The predicted octanol–water partition coefficient (Wildman–Crippen LogP) is 3.79. The summed E-state index contributed by atoms with van der Waals surface area (Å²) in [6, 6.07) is 6.30. The van der Waals surface area contributed by atoms with Crippen molar-refractivity contribution in [2.75, 3.05) is 19.6 Å². The standard InChI is InChI=1S/C22H31FN2O2/c1-2-3-4-5-14-24-20(26)17-7-6-15-25(16-17)21(27)22(12-13-22)18-8-10-19(23)11-9-18/h8-11,17H,2-7,12-16H2,1H3,(H,24,26). The molecule has 1 aliphatic carbocycles. The van der Waals surface area contributed by atoms with Crippen molar-refractivity contribution in [2.24, 2.45) is 5.92 Å². The molecule has 1 saturated heterocycles. The van der Waals surface area contributed by atoms with Crippen molar-refractivity contribution in [3.8, 4) is 0 Å². The van der Waals surface area contributed by atoms with Gasteiger partial charge < -0.3 is 10.2 Å². The molecule has 4 nitrogen and oxygen atoms in total. The van der Waals surface area contributed by atoms with Crippen LogP contribution in [0.4, 0.5) is 4.39 Å². The van der Waals surface area contributed by atoms with Gasteiger partial charge in [-0.15, -0.1) is 0 Å². The number of carbonyl (C=O) groups excluding carboxylic acids is 2. The molecule has 1 unspecified atom stereocenters. The molecule has 148 valence electrons. The second-order valence-corrected chi connectivity index (χ2v) is 8.03. The third kappa shape index (κ3) is 4.69. The highest BCUT2D eigenvalue weighted by atomic mass is 19.1. The molecule has 2 aliphatic rings. The maximum atomic E-state index is 13.2. The Morgan fingerprint density at radius 2 is 1.93 bits per heavy atom. The van der Waals surface area contributed by atoms with Gasteiger partial charge in [0.25, 0.3) is 0 Å². The van der Waals surface area contributed by atoms with E-state index in [1.165, 1.54) is 25.0 Å². The van der Waals surface area contributed by atoms with Gasteiger partial charge in [0, 0.05) is 19.6 Å². The maximum absolute atomic E-state index is 13.2. The van der Waals surface area contributed by atoms with Gasteiger partial charge in [0.15, 0.2) is 0 Å². The quantitative estimate of drug-likeness (QED) is 0.704. The molecule has 0 spiro atoms. The van der Waals surface area contributed by atoms with E-state index in [0.29, 0.717) is 13.1 Å². The molecule has 1 heterocycles. The van der Waals surface area contributed by atoms with E-state index in [1.807, 2.05) is 4.90 Å². The molecule has 3 rings (SSSR count). The van der Waals surface area contributed by atoms with Crippen molar-refractivity contribution in [3.05, 3.63) is 35.6 Å². The van der Waals surface area contributed by atoms with Crippen molar-refractivity contribution in [2.45, 2.75) is 63.7 Å². The number of benzene rings is 1. The number of hydrogen-bond acceptors (Lipinski definition) is 2. The van der Waals surface area contributed by atoms with Gasteiger partial charge in [-0.25, -0.2) is 4.39 Å². The molecule has 2 fully saturated rings. The zero-order valence-corrected chi connectivity index (χ0v) is 16.3. The first-order valence-corrected chi connectivity index (χ1v) is 10.4. The highest BCUT2D eigenvalue weighted by molar-refractivity contribution is 5.92. The normalized spacial score (nSPS) is 21.0. The average Bonchev–Trinajstić information content (AvgIpc) is 3.49. The average molecular weight is 375 g/mol. The van der Waals surface area contributed by atoms with Gasteiger partial charge in [0.2, 0.25) is 11.8 Å². The molecule has 1 aromatic carbocycles. The number of hydrogen-bond donors (Lipinski definition) is 1. The van der Waals surface area contributed by atoms with E-state index >= 15 is 0 Å². The monoisotopic (exact) mass is 374 g/mol. The number of rotatable bonds is 8. The smallest absolute Gasteiger partial charge is 0.233 e. The first-order valence-electron chi connectivity index (χ1n) is 10.4. The molecule has 27 heavy (non-hydrogen) atoms. The van der Waals surface area contributed by atoms with Crippen LogP contribution in [0.1, 0.15) is 63.9 Å². The Morgan fingerprint density at radius 1 is 1.19 bits per heavy atom. The molecule has 1 atom stereocenters. The fourth-order valence-corrected chi connectivity index (χ4v) is 4.11. The van der Waals surface area contributed by atoms with E-state index < -0.39 is 5.41 Å². The summed E-state index contributed by atoms with van der Waals surface area (Å²) in [6.45, 7) is 4.11. The summed E-state index contributed by atoms with van der Waals surface area (Å²) in [5, 5.41) is 3.04. The molecule has 1 saturated carbocycles. The van der Waals surface area contributed by atoms with Crippen LogP contribution in [0.25, 0.3) is 0 Å². The van der Waals surface area contributed by atoms with Gasteiger partial charge in [0.05, 0.1) is 11.3 Å². The van der Waals surface area contributed by atoms with Crippen LogP contribution in [-0.4, -0.2) is 36.3 Å². The molecule has 1 N–H and O–H groups in total. The lowest BCUT2D eigenvalue weighted by molar-refractivity contribution is -0.138. The number of carbonyl (C=O) groups is 2. The summed E-state index contributed by atoms with van der Waals surface area (Å²) in [5.74, 6) is -0.210. The van der Waals surface area contributed by atoms with E-state index in [9.17, 15) is 14.0 Å². The fourth-order valence-electron chi connectivity index (χ4n) is 4.11. The van der Waals surface area contributed by atoms with E-state index in [2.05, 4.69) is 12.2 Å². The lowest BCUT2D eigenvalue weighted by Gasteiger charge is -2.34. The van der Waals surface area contributed by atoms with Gasteiger partial charge >= 0.3 is 0 Å². The lowest BCUT2D eigenvalue weighted by atomic mass is 9.91. The second kappa shape index (κ2) is 8.85. The molecule has 0 bridgehead atoms. The fraction of sp³-hybridized carbons (Fsp3) is 0.636. The number of nitrogens with zero attached hydrogens (tertiary/aromatic N) is 1. The van der Waals surface area contributed by atoms with E-state index in [0.717, 1.165) is 50.6 Å². The Labute approximate surface area is 161 Å². The summed E-state index contributed by atoms with van der Waals surface area (Å²) in [7, 11) is 0. The number of halogens is 1. The van der Waals surface area contributed by atoms with E-state index in [-0.39, 0.29) is 23.5 Å². The van der Waals surface area contributed by atoms with Crippen LogP contribution >= 0.6 is 0 Å². The van der Waals surface area contributed by atoms with Crippen LogP contribution < -0.4 is 5.32 Å². The largest absolute Gasteiger partial charge is 0.356 e. The number of unbranched alkanes of at least 4 members (excludes halogenated alkanes) is 3. The Kier molecular flexibility index (Phi) is 6.51. The zero-order valence-electron chi connectivity index (χ0n) is 16.3. The SMILES string of the molecule is CCCCCCNC(=O)C1CCCN(C(=O)C2(c3ccc(F)cc3)CC2)C1. The Hall–Kier alpha value is -1.91. The first-order chi connectivity index (χ1) is 13.1. The molecular weight excluding hydrogens is 343 g/mol. The molecule has 5 heteroatoms. The summed E-state index contributed by atoms with van der Waals surface area (Å²) >= 11 is 0. The van der Waals surface area contributed by atoms with Gasteiger partial charge in [-0.1, -0.05) is 38.3 Å². The molecule has 2 amide bonds. The second-order valence-electron chi connectivity index (χ2n) is 8.03. The summed E-state index contributed by atoms with van der Waals surface area (Å²) in [5.41, 5.74) is 0.406. The van der Waals surface area contributed by atoms with Crippen LogP contribution in [0.2, 0.25) is 0 Å². The van der Waals surface area contributed by atoms with Crippen molar-refractivity contribution < 1.29 is 14.0 Å². The zero-order chi connectivity index (χ0) is 19.3. The van der Waals surface area contributed by atoms with Gasteiger partial charge in [-0.3, -0.25) is 9.59 Å². The maximum Gasteiger partial charge on any atom is 0.233 e. The number of piperidine rings is 1. The number of nitrogens with one attached hydrogen (secondary N) is 1. The third-order valence-corrected chi connectivity index (χ3v) is 5.97. The van der Waals surface area contributed by atoms with Crippen molar-refractivity contribution in [1.29, 1.82) is 0 Å². The highest BCUT2D eigenvalue weighted by Crippen LogP contribution is 2.50. The Bertz CT molecular complexity index is 655. The van der Waals surface area contributed by atoms with E-state index in [4.69, 9.17) is 0 Å². The third-order valence-electron chi connectivity index (χ3n) is 5.97. The Morgan fingerprint density at radius 3 is 2.59 bits per heavy atom. The summed E-state index contributed by atoms with van der Waals surface area (Å²) in [4.78, 5) is 27.5. The molecule has 1 aromatic rings. The van der Waals surface area contributed by atoms with Gasteiger partial charge in [-0.05, 0) is 49.8 Å². The molecule has 0 aromatic heterocycles. The number of likely N-dealkylation sites (tertiary alicyclic amines) is 1. The van der Waals surface area contributed by atoms with Gasteiger partial charge in [0.1, 0.15) is 5.82 Å². The minimum Gasteiger partial charge on any atom is -0.356 e. The van der Waals surface area contributed by atoms with Crippen LogP contribution in [0, 0.1) is 11.7 Å². The van der Waals surface area contributed by atoms with E-state index in [1.54, 1.807) is 12.1 Å². The molecule has 1 aliphatic heterocycles. The van der Waals surface area contributed by atoms with Crippen LogP contribution in [0.15, 0.2) is 24.3 Å². The number of amides is 2. The highest BCUT2D eigenvalue weighted by Gasteiger charge is 2.53. The molecular formula is C22H31FN2O2. The van der Waals surface area contributed by atoms with Crippen molar-refractivity contribution >= 4 is 11.8 Å². The predicted molar refractivity (Wildman–Crippen MR) is 104 cm³/mol. The van der Waals surface area contributed by atoms with Crippen LogP contribution in [-0.2, 0) is 15.0 Å². The first kappa shape index (κ1) is 19.8. The van der Waals surface area contributed by atoms with Crippen molar-refractivity contribution in [3.63, 3.8) is 0 Å². The summed E-state index contributed by atoms with van der Waals surface area (Å²) < 4.78 is 13.2. The topological polar surface area (TPSA) is 49.4 Å². The van der Waals surface area contributed by atoms with Crippen LogP contribution in [0.3, 0.4) is 0 Å². The Balaban J connectivity index is 1.55. The van der Waals surface area contributed by atoms with Crippen molar-refractivity contribution in [1.82, 2.24) is 10.2 Å². The minimum absolute atomic E-state index is 0.0793. The van der Waals surface area contributed by atoms with Gasteiger partial charge in [-0.2, -0.15) is 0 Å².